The van der Waals surface area contributed by atoms with Gasteiger partial charge in [-0.25, -0.2) is 12.8 Å². The van der Waals surface area contributed by atoms with Crippen molar-refractivity contribution in [2.45, 2.75) is 52.7 Å². The first-order valence-corrected chi connectivity index (χ1v) is 12.7. The summed E-state index contributed by atoms with van der Waals surface area (Å²) in [6, 6.07) is 11.6. The van der Waals surface area contributed by atoms with Crippen LogP contribution >= 0.6 is 0 Å². The molecule has 0 saturated heterocycles. The lowest BCUT2D eigenvalue weighted by Gasteiger charge is -2.32. The van der Waals surface area contributed by atoms with E-state index in [4.69, 9.17) is 0 Å². The molecule has 2 aromatic carbocycles. The number of halogens is 1. The number of carbonyl (C=O) groups is 2. The Labute approximate surface area is 195 Å². The van der Waals surface area contributed by atoms with E-state index < -0.39 is 34.3 Å². The van der Waals surface area contributed by atoms with Crippen LogP contribution in [0.1, 0.15) is 38.3 Å². The van der Waals surface area contributed by atoms with E-state index in [1.807, 2.05) is 45.0 Å². The van der Waals surface area contributed by atoms with Crippen molar-refractivity contribution in [1.29, 1.82) is 0 Å². The predicted octanol–water partition coefficient (Wildman–Crippen LogP) is 3.23. The zero-order valence-electron chi connectivity index (χ0n) is 19.7. The molecule has 2 rings (SSSR count). The second-order valence-electron chi connectivity index (χ2n) is 8.25. The molecule has 2 unspecified atom stereocenters. The van der Waals surface area contributed by atoms with Crippen LogP contribution in [0.4, 0.5) is 10.1 Å². The number of aryl methyl sites for hydroxylation is 1. The normalized spacial score (nSPS) is 13.2. The summed E-state index contributed by atoms with van der Waals surface area (Å²) in [5, 5.41) is 2.87. The number of rotatable bonds is 10. The molecule has 33 heavy (non-hydrogen) atoms. The van der Waals surface area contributed by atoms with Crippen LogP contribution in [0.25, 0.3) is 0 Å². The smallest absolute Gasteiger partial charge is 0.244 e. The van der Waals surface area contributed by atoms with E-state index in [-0.39, 0.29) is 24.2 Å². The monoisotopic (exact) mass is 477 g/mol. The van der Waals surface area contributed by atoms with Crippen molar-refractivity contribution in [3.05, 3.63) is 65.5 Å². The molecule has 2 atom stereocenters. The lowest BCUT2D eigenvalue weighted by Crippen LogP contribution is -2.52. The van der Waals surface area contributed by atoms with Gasteiger partial charge in [-0.05, 0) is 51.0 Å². The minimum absolute atomic E-state index is 0.0397. The second-order valence-corrected chi connectivity index (χ2v) is 10.2. The van der Waals surface area contributed by atoms with Crippen LogP contribution in [0.2, 0.25) is 0 Å². The molecule has 0 radical (unpaired) electrons. The molecule has 0 fully saturated rings. The number of amides is 2. The molecular formula is C24H32FN3O4S. The van der Waals surface area contributed by atoms with E-state index in [1.54, 1.807) is 6.92 Å². The lowest BCUT2D eigenvalue weighted by atomic mass is 10.1. The SMILES string of the molecule is CCC(C)NC(=O)C(C)N(Cc1ccc(C)cc1)C(=O)CN(c1cccc(F)c1)S(C)(=O)=O. The Morgan fingerprint density at radius 3 is 2.27 bits per heavy atom. The first kappa shape index (κ1) is 26.3. The van der Waals surface area contributed by atoms with Crippen LogP contribution < -0.4 is 9.62 Å². The van der Waals surface area contributed by atoms with Crippen LogP contribution in [-0.2, 0) is 26.2 Å². The van der Waals surface area contributed by atoms with Gasteiger partial charge in [0.2, 0.25) is 21.8 Å². The van der Waals surface area contributed by atoms with Gasteiger partial charge in [-0.2, -0.15) is 0 Å². The van der Waals surface area contributed by atoms with Crippen molar-refractivity contribution in [2.75, 3.05) is 17.1 Å². The molecule has 0 aliphatic heterocycles. The van der Waals surface area contributed by atoms with E-state index in [0.29, 0.717) is 0 Å². The Morgan fingerprint density at radius 1 is 1.09 bits per heavy atom. The molecule has 9 heteroatoms. The van der Waals surface area contributed by atoms with Gasteiger partial charge < -0.3 is 10.2 Å². The Bertz CT molecular complexity index is 1070. The van der Waals surface area contributed by atoms with Crippen LogP contribution in [0.3, 0.4) is 0 Å². The summed E-state index contributed by atoms with van der Waals surface area (Å²) in [6.45, 7) is 6.92. The summed E-state index contributed by atoms with van der Waals surface area (Å²) in [4.78, 5) is 27.5. The first-order chi connectivity index (χ1) is 15.4. The van der Waals surface area contributed by atoms with Gasteiger partial charge in [0.15, 0.2) is 0 Å². The molecule has 2 amide bonds. The number of hydrogen-bond donors (Lipinski definition) is 1. The van der Waals surface area contributed by atoms with Crippen LogP contribution in [0, 0.1) is 12.7 Å². The van der Waals surface area contributed by atoms with Gasteiger partial charge in [0.05, 0.1) is 11.9 Å². The molecular weight excluding hydrogens is 445 g/mol. The molecule has 0 bridgehead atoms. The molecule has 2 aromatic rings. The Morgan fingerprint density at radius 2 is 1.73 bits per heavy atom. The fourth-order valence-electron chi connectivity index (χ4n) is 3.18. The number of anilines is 1. The maximum atomic E-state index is 13.8. The fraction of sp³-hybridized carbons (Fsp3) is 0.417. The molecule has 1 N–H and O–H groups in total. The fourth-order valence-corrected chi connectivity index (χ4v) is 4.02. The molecule has 0 heterocycles. The van der Waals surface area contributed by atoms with Crippen molar-refractivity contribution in [3.8, 4) is 0 Å². The van der Waals surface area contributed by atoms with Crippen molar-refractivity contribution in [3.63, 3.8) is 0 Å². The molecule has 0 aliphatic rings. The zero-order chi connectivity index (χ0) is 24.8. The van der Waals surface area contributed by atoms with E-state index >= 15 is 0 Å². The third-order valence-electron chi connectivity index (χ3n) is 5.42. The Hall–Kier alpha value is -2.94. The molecule has 0 aliphatic carbocycles. The number of nitrogens with zero attached hydrogens (tertiary/aromatic N) is 2. The minimum Gasteiger partial charge on any atom is -0.352 e. The summed E-state index contributed by atoms with van der Waals surface area (Å²) in [5.41, 5.74) is 1.89. The van der Waals surface area contributed by atoms with Crippen molar-refractivity contribution < 1.29 is 22.4 Å². The maximum absolute atomic E-state index is 13.8. The third kappa shape index (κ3) is 7.56. The van der Waals surface area contributed by atoms with Crippen molar-refractivity contribution in [1.82, 2.24) is 10.2 Å². The molecule has 7 nitrogen and oxygen atoms in total. The highest BCUT2D eigenvalue weighted by Crippen LogP contribution is 2.20. The van der Waals surface area contributed by atoms with Gasteiger partial charge in [0.25, 0.3) is 0 Å². The maximum Gasteiger partial charge on any atom is 0.244 e. The minimum atomic E-state index is -3.89. The average Bonchev–Trinajstić information content (AvgIpc) is 2.75. The summed E-state index contributed by atoms with van der Waals surface area (Å²) < 4.78 is 39.5. The number of benzene rings is 2. The standard InChI is InChI=1S/C24H32FN3O4S/c1-6-18(3)26-24(30)19(4)27(15-20-12-10-17(2)11-13-20)23(29)16-28(33(5,31)32)22-9-7-8-21(25)14-22/h7-14,18-19H,6,15-16H2,1-5H3,(H,26,30). The Kier molecular flexibility index (Phi) is 8.99. The molecule has 180 valence electrons. The lowest BCUT2D eigenvalue weighted by molar-refractivity contribution is -0.139. The van der Waals surface area contributed by atoms with Gasteiger partial charge in [0.1, 0.15) is 18.4 Å². The molecule has 0 aromatic heterocycles. The number of hydrogen-bond acceptors (Lipinski definition) is 4. The van der Waals surface area contributed by atoms with Crippen molar-refractivity contribution >= 4 is 27.5 Å². The third-order valence-corrected chi connectivity index (χ3v) is 6.56. The summed E-state index contributed by atoms with van der Waals surface area (Å²) in [6.07, 6.45) is 1.68. The molecule has 0 spiro atoms. The quantitative estimate of drug-likeness (QED) is 0.569. The van der Waals surface area contributed by atoms with Crippen LogP contribution in [0.15, 0.2) is 48.5 Å². The highest BCUT2D eigenvalue weighted by molar-refractivity contribution is 7.92. The van der Waals surface area contributed by atoms with Crippen molar-refractivity contribution in [2.24, 2.45) is 0 Å². The average molecular weight is 478 g/mol. The largest absolute Gasteiger partial charge is 0.352 e. The van der Waals surface area contributed by atoms with Gasteiger partial charge in [-0.3, -0.25) is 13.9 Å². The van der Waals surface area contributed by atoms with Crippen LogP contribution in [0.5, 0.6) is 0 Å². The highest BCUT2D eigenvalue weighted by atomic mass is 32.2. The highest BCUT2D eigenvalue weighted by Gasteiger charge is 2.30. The molecule has 0 saturated carbocycles. The second kappa shape index (κ2) is 11.3. The Balaban J connectivity index is 2.37. The van der Waals surface area contributed by atoms with Gasteiger partial charge >= 0.3 is 0 Å². The van der Waals surface area contributed by atoms with E-state index in [9.17, 15) is 22.4 Å². The number of carbonyl (C=O) groups excluding carboxylic acids is 2. The van der Waals surface area contributed by atoms with Gasteiger partial charge in [0, 0.05) is 12.6 Å². The van der Waals surface area contributed by atoms with E-state index in [0.717, 1.165) is 34.2 Å². The van der Waals surface area contributed by atoms with Gasteiger partial charge in [-0.15, -0.1) is 0 Å². The topological polar surface area (TPSA) is 86.8 Å². The summed E-state index contributed by atoms with van der Waals surface area (Å²) >= 11 is 0. The predicted molar refractivity (Wildman–Crippen MR) is 128 cm³/mol. The van der Waals surface area contributed by atoms with Gasteiger partial charge in [-0.1, -0.05) is 42.8 Å². The number of nitrogens with one attached hydrogen (secondary N) is 1. The van der Waals surface area contributed by atoms with Crippen LogP contribution in [-0.4, -0.2) is 50.0 Å². The number of sulfonamides is 1. The van der Waals surface area contributed by atoms with E-state index in [1.165, 1.54) is 23.1 Å². The van der Waals surface area contributed by atoms with E-state index in [2.05, 4.69) is 5.32 Å². The summed E-state index contributed by atoms with van der Waals surface area (Å²) in [5.74, 6) is -1.52. The zero-order valence-corrected chi connectivity index (χ0v) is 20.5. The first-order valence-electron chi connectivity index (χ1n) is 10.8. The summed E-state index contributed by atoms with van der Waals surface area (Å²) in [7, 11) is -3.89.